The minimum absolute atomic E-state index is 0.0565. The Hall–Kier alpha value is -2.37. The summed E-state index contributed by atoms with van der Waals surface area (Å²) in [6, 6.07) is 13.4. The van der Waals surface area contributed by atoms with Crippen LogP contribution in [-0.4, -0.2) is 59.4 Å². The molecular weight excluding hydrogens is 342 g/mol. The topological polar surface area (TPSA) is 66.8 Å². The highest BCUT2D eigenvalue weighted by Gasteiger charge is 2.50. The van der Waals surface area contributed by atoms with Gasteiger partial charge in [-0.05, 0) is 32.9 Å². The van der Waals surface area contributed by atoms with E-state index in [1.807, 2.05) is 41.1 Å². The minimum atomic E-state index is -1.11. The second kappa shape index (κ2) is 7.33. The number of aliphatic hydroxyl groups is 1. The number of phenolic OH excluding ortho intramolecular Hbond substituents is 1. The number of carbonyl (C=O) groups is 1. The Kier molecular flexibility index (Phi) is 5.68. The molecule has 2 rings (SSSR count). The van der Waals surface area contributed by atoms with E-state index in [9.17, 15) is 15.0 Å². The molecule has 0 spiro atoms. The first-order valence-electron chi connectivity index (χ1n) is 8.96. The Morgan fingerprint density at radius 1 is 1.04 bits per heavy atom. The fourth-order valence-electron chi connectivity index (χ4n) is 2.66. The summed E-state index contributed by atoms with van der Waals surface area (Å²) in [5.74, 6) is -0.000679. The zero-order valence-corrected chi connectivity index (χ0v) is 17.0. The second-order valence-corrected chi connectivity index (χ2v) is 8.51. The molecule has 5 heteroatoms. The molecule has 0 aliphatic heterocycles. The van der Waals surface area contributed by atoms with E-state index in [0.29, 0.717) is 15.8 Å². The highest BCUT2D eigenvalue weighted by atomic mass is 16.5. The van der Waals surface area contributed by atoms with E-state index >= 15 is 0 Å². The fourth-order valence-corrected chi connectivity index (χ4v) is 2.66. The number of aromatic hydroxyl groups is 1. The maximum absolute atomic E-state index is 12.5. The third-order valence-corrected chi connectivity index (χ3v) is 5.76. The van der Waals surface area contributed by atoms with Crippen LogP contribution in [0.2, 0.25) is 0 Å². The van der Waals surface area contributed by atoms with Crippen molar-refractivity contribution in [2.45, 2.75) is 31.9 Å². The van der Waals surface area contributed by atoms with Crippen LogP contribution in [0.3, 0.4) is 0 Å². The summed E-state index contributed by atoms with van der Waals surface area (Å²) in [4.78, 5) is 12.5. The van der Waals surface area contributed by atoms with Crippen molar-refractivity contribution in [3.63, 3.8) is 0 Å². The number of quaternary nitrogens is 1. The zero-order chi connectivity index (χ0) is 20.5. The first-order valence-corrected chi connectivity index (χ1v) is 8.96. The monoisotopic (exact) mass is 372 g/mol. The smallest absolute Gasteiger partial charge is 0.196 e. The van der Waals surface area contributed by atoms with Crippen LogP contribution in [0.4, 0.5) is 0 Å². The van der Waals surface area contributed by atoms with Crippen molar-refractivity contribution in [3.8, 4) is 11.5 Å². The van der Waals surface area contributed by atoms with Crippen molar-refractivity contribution >= 4 is 5.78 Å². The molecule has 0 aliphatic carbocycles. The number of hydrogen-bond acceptors (Lipinski definition) is 4. The molecule has 0 amide bonds. The summed E-state index contributed by atoms with van der Waals surface area (Å²) in [7, 11) is 6.05. The van der Waals surface area contributed by atoms with E-state index in [4.69, 9.17) is 4.74 Å². The average Bonchev–Trinajstić information content (AvgIpc) is 2.59. The van der Waals surface area contributed by atoms with Crippen LogP contribution in [0.5, 0.6) is 11.5 Å². The first-order chi connectivity index (χ1) is 12.4. The van der Waals surface area contributed by atoms with Crippen LogP contribution in [0, 0.1) is 0 Å². The Labute approximate surface area is 161 Å². The lowest BCUT2D eigenvalue weighted by atomic mass is 9.82. The van der Waals surface area contributed by atoms with Crippen LogP contribution < -0.4 is 4.74 Å². The Morgan fingerprint density at radius 3 is 2.15 bits per heavy atom. The van der Waals surface area contributed by atoms with Gasteiger partial charge in [-0.3, -0.25) is 4.79 Å². The van der Waals surface area contributed by atoms with Gasteiger partial charge in [0.05, 0.1) is 26.7 Å². The molecule has 27 heavy (non-hydrogen) atoms. The maximum atomic E-state index is 12.5. The second-order valence-electron chi connectivity index (χ2n) is 8.51. The van der Waals surface area contributed by atoms with Gasteiger partial charge in [-0.1, -0.05) is 30.3 Å². The number of ether oxygens (including phenoxy) is 1. The van der Waals surface area contributed by atoms with E-state index in [-0.39, 0.29) is 23.7 Å². The normalized spacial score (nSPS) is 14.5. The molecule has 0 heterocycles. The lowest BCUT2D eigenvalue weighted by Crippen LogP contribution is -2.67. The van der Waals surface area contributed by atoms with E-state index in [2.05, 4.69) is 0 Å². The van der Waals surface area contributed by atoms with Gasteiger partial charge in [0.25, 0.3) is 0 Å². The number of carbonyl (C=O) groups excluding carboxylic acids is 1. The largest absolute Gasteiger partial charge is 0.507 e. The number of benzene rings is 2. The molecule has 0 fully saturated rings. The van der Waals surface area contributed by atoms with E-state index in [1.54, 1.807) is 43.3 Å². The lowest BCUT2D eigenvalue weighted by Gasteiger charge is -2.49. The van der Waals surface area contributed by atoms with Gasteiger partial charge in [0.1, 0.15) is 29.2 Å². The lowest BCUT2D eigenvalue weighted by molar-refractivity contribution is -0.928. The molecule has 0 saturated heterocycles. The van der Waals surface area contributed by atoms with Crippen LogP contribution in [0.15, 0.2) is 48.5 Å². The van der Waals surface area contributed by atoms with Crippen LogP contribution in [0.1, 0.15) is 36.7 Å². The van der Waals surface area contributed by atoms with Gasteiger partial charge in [-0.25, -0.2) is 0 Å². The van der Waals surface area contributed by atoms with Gasteiger partial charge in [0.2, 0.25) is 0 Å². The van der Waals surface area contributed by atoms with E-state index < -0.39 is 11.1 Å². The molecule has 2 N–H and O–H groups in total. The summed E-state index contributed by atoms with van der Waals surface area (Å²) < 4.78 is 6.30. The van der Waals surface area contributed by atoms with Gasteiger partial charge in [0, 0.05) is 11.6 Å². The molecule has 2 aromatic rings. The van der Waals surface area contributed by atoms with E-state index in [1.165, 1.54) is 6.07 Å². The average molecular weight is 372 g/mol. The van der Waals surface area contributed by atoms with Crippen molar-refractivity contribution in [3.05, 3.63) is 59.7 Å². The van der Waals surface area contributed by atoms with Gasteiger partial charge in [-0.2, -0.15) is 0 Å². The van der Waals surface area contributed by atoms with E-state index in [0.717, 1.165) is 0 Å². The zero-order valence-electron chi connectivity index (χ0n) is 17.0. The molecule has 1 atom stereocenters. The molecule has 5 nitrogen and oxygen atoms in total. The third kappa shape index (κ3) is 4.31. The van der Waals surface area contributed by atoms with Gasteiger partial charge in [-0.15, -0.1) is 0 Å². The minimum Gasteiger partial charge on any atom is -0.507 e. The molecule has 0 radical (unpaired) electrons. The highest BCUT2D eigenvalue weighted by Crippen LogP contribution is 2.32. The van der Waals surface area contributed by atoms with Crippen molar-refractivity contribution in [2.75, 3.05) is 27.7 Å². The van der Waals surface area contributed by atoms with Crippen LogP contribution in [0.25, 0.3) is 0 Å². The summed E-state index contributed by atoms with van der Waals surface area (Å²) in [5.41, 5.74) is -0.862. The van der Waals surface area contributed by atoms with Crippen LogP contribution in [-0.2, 0) is 0 Å². The summed E-state index contributed by atoms with van der Waals surface area (Å²) >= 11 is 0. The fraction of sp³-hybridized carbons (Fsp3) is 0.409. The molecule has 0 aromatic heterocycles. The number of rotatable bonds is 7. The van der Waals surface area contributed by atoms with Gasteiger partial charge >= 0.3 is 0 Å². The molecule has 0 saturated carbocycles. The number of ketones is 1. The Morgan fingerprint density at radius 2 is 1.63 bits per heavy atom. The van der Waals surface area contributed by atoms with Gasteiger partial charge in [0.15, 0.2) is 5.78 Å². The number of likely N-dealkylation sites (N-methyl/N-ethyl adjacent to an activating group) is 1. The standard InChI is InChI=1S/C22H29NO4/c1-21(2,23(4,5)6)22(3,26)15-27-17-12-13-18(19(24)14-17)20(25)16-10-8-7-9-11-16/h7-14,26H,15H2,1-6H3/p+1. The summed E-state index contributed by atoms with van der Waals surface area (Å²) in [5, 5.41) is 21.2. The van der Waals surface area contributed by atoms with Crippen molar-refractivity contribution < 1.29 is 24.2 Å². The van der Waals surface area contributed by atoms with Crippen LogP contribution >= 0.6 is 0 Å². The molecule has 0 bridgehead atoms. The predicted octanol–water partition coefficient (Wildman–Crippen LogP) is 3.24. The summed E-state index contributed by atoms with van der Waals surface area (Å²) in [6.07, 6.45) is 0. The third-order valence-electron chi connectivity index (χ3n) is 5.76. The van der Waals surface area contributed by atoms with Crippen molar-refractivity contribution in [1.82, 2.24) is 0 Å². The highest BCUT2D eigenvalue weighted by molar-refractivity contribution is 6.10. The quantitative estimate of drug-likeness (QED) is 0.578. The SMILES string of the molecule is CC(O)(COc1ccc(C(=O)c2ccccc2)c(O)c1)C(C)(C)[N+](C)(C)C. The predicted molar refractivity (Wildman–Crippen MR) is 106 cm³/mol. The molecule has 1 unspecified atom stereocenters. The van der Waals surface area contributed by atoms with Gasteiger partial charge < -0.3 is 19.4 Å². The maximum Gasteiger partial charge on any atom is 0.196 e. The van der Waals surface area contributed by atoms with Crippen molar-refractivity contribution in [1.29, 1.82) is 0 Å². The Balaban J connectivity index is 2.16. The molecule has 146 valence electrons. The number of phenols is 1. The van der Waals surface area contributed by atoms with Crippen molar-refractivity contribution in [2.24, 2.45) is 0 Å². The summed E-state index contributed by atoms with van der Waals surface area (Å²) in [6.45, 7) is 5.76. The Bertz CT molecular complexity index is 805. The molecule has 2 aromatic carbocycles. The number of hydrogen-bond donors (Lipinski definition) is 2. The molecular formula is C22H30NO4+. The number of nitrogens with zero attached hydrogens (tertiary/aromatic N) is 1. The first kappa shape index (κ1) is 20.9. The molecule has 0 aliphatic rings.